The molecule has 0 saturated carbocycles. The van der Waals surface area contributed by atoms with Crippen LogP contribution in [0.5, 0.6) is 0 Å². The van der Waals surface area contributed by atoms with Crippen molar-refractivity contribution in [3.63, 3.8) is 0 Å². The van der Waals surface area contributed by atoms with Crippen molar-refractivity contribution in [1.29, 1.82) is 0 Å². The first-order valence-corrected chi connectivity index (χ1v) is 8.66. The number of hydrogen-bond donors (Lipinski definition) is 2. The molecule has 1 aliphatic heterocycles. The molecule has 3 unspecified atom stereocenters. The molecule has 0 radical (unpaired) electrons. The van der Waals surface area contributed by atoms with Crippen molar-refractivity contribution in [3.05, 3.63) is 35.4 Å². The molecule has 1 heterocycles. The summed E-state index contributed by atoms with van der Waals surface area (Å²) in [6.07, 6.45) is 1.87. The van der Waals surface area contributed by atoms with Gasteiger partial charge in [0.15, 0.2) is 0 Å². The Hall–Kier alpha value is -1.39. The van der Waals surface area contributed by atoms with Crippen LogP contribution in [0, 0.1) is 5.92 Å². The summed E-state index contributed by atoms with van der Waals surface area (Å²) in [7, 11) is 0. The van der Waals surface area contributed by atoms with E-state index in [4.69, 9.17) is 0 Å². The van der Waals surface area contributed by atoms with Crippen molar-refractivity contribution in [1.82, 2.24) is 10.2 Å². The van der Waals surface area contributed by atoms with E-state index in [0.29, 0.717) is 6.54 Å². The van der Waals surface area contributed by atoms with Crippen LogP contribution in [0.4, 0.5) is 0 Å². The third-order valence-electron chi connectivity index (χ3n) is 5.38. The normalized spacial score (nSPS) is 20.2. The fraction of sp³-hybridized carbons (Fsp3) is 0.632. The molecule has 0 spiro atoms. The first-order valence-electron chi connectivity index (χ1n) is 8.66. The van der Waals surface area contributed by atoms with Gasteiger partial charge in [0.05, 0.1) is 11.6 Å². The van der Waals surface area contributed by atoms with Gasteiger partial charge in [0.2, 0.25) is 5.91 Å². The maximum Gasteiger partial charge on any atom is 0.237 e. The maximum absolute atomic E-state index is 12.4. The molecule has 0 saturated heterocycles. The van der Waals surface area contributed by atoms with Gasteiger partial charge in [-0.15, -0.1) is 0 Å². The molecule has 2 rings (SSSR count). The maximum atomic E-state index is 12.4. The highest BCUT2D eigenvalue weighted by atomic mass is 16.3. The molecule has 4 nitrogen and oxygen atoms in total. The van der Waals surface area contributed by atoms with Crippen LogP contribution in [0.25, 0.3) is 0 Å². The van der Waals surface area contributed by atoms with Crippen LogP contribution in [0.15, 0.2) is 24.3 Å². The lowest BCUT2D eigenvalue weighted by Crippen LogP contribution is -2.51. The molecule has 128 valence electrons. The summed E-state index contributed by atoms with van der Waals surface area (Å²) in [6.45, 7) is 9.81. The Labute approximate surface area is 139 Å². The number of nitrogens with one attached hydrogen (secondary N) is 1. The molecule has 0 bridgehead atoms. The Morgan fingerprint density at radius 2 is 2.00 bits per heavy atom. The second-order valence-corrected chi connectivity index (χ2v) is 7.05. The molecule has 0 aliphatic carbocycles. The van der Waals surface area contributed by atoms with E-state index in [1.165, 1.54) is 11.1 Å². The predicted octanol–water partition coefficient (Wildman–Crippen LogP) is 2.35. The van der Waals surface area contributed by atoms with Crippen molar-refractivity contribution >= 4 is 5.91 Å². The van der Waals surface area contributed by atoms with Crippen LogP contribution < -0.4 is 5.32 Å². The minimum atomic E-state index is -0.862. The zero-order chi connectivity index (χ0) is 17.0. The van der Waals surface area contributed by atoms with Crippen LogP contribution in [-0.2, 0) is 17.8 Å². The lowest BCUT2D eigenvalue weighted by Gasteiger charge is -2.34. The summed E-state index contributed by atoms with van der Waals surface area (Å²) >= 11 is 0. The Morgan fingerprint density at radius 3 is 2.65 bits per heavy atom. The Kier molecular flexibility index (Phi) is 5.82. The first-order chi connectivity index (χ1) is 10.8. The molecule has 0 fully saturated rings. The van der Waals surface area contributed by atoms with Gasteiger partial charge in [0.25, 0.3) is 0 Å². The average molecular weight is 318 g/mol. The molecule has 23 heavy (non-hydrogen) atoms. The third kappa shape index (κ3) is 4.33. The molecule has 1 aromatic carbocycles. The highest BCUT2D eigenvalue weighted by Gasteiger charge is 2.30. The summed E-state index contributed by atoms with van der Waals surface area (Å²) in [5.74, 6) is 0.146. The number of hydrogen-bond acceptors (Lipinski definition) is 3. The van der Waals surface area contributed by atoms with E-state index in [1.807, 2.05) is 13.8 Å². The highest BCUT2D eigenvalue weighted by Crippen LogP contribution is 2.21. The Bertz CT molecular complexity index is 542. The summed E-state index contributed by atoms with van der Waals surface area (Å²) in [6, 6.07) is 8.24. The van der Waals surface area contributed by atoms with Gasteiger partial charge in [-0.3, -0.25) is 9.69 Å². The summed E-state index contributed by atoms with van der Waals surface area (Å²) in [4.78, 5) is 14.7. The quantitative estimate of drug-likeness (QED) is 0.846. The number of carbonyl (C=O) groups is 1. The minimum absolute atomic E-state index is 0.00652. The predicted molar refractivity (Wildman–Crippen MR) is 93.1 cm³/mol. The smallest absolute Gasteiger partial charge is 0.237 e. The molecule has 1 aromatic rings. The van der Waals surface area contributed by atoms with Gasteiger partial charge in [-0.05, 0) is 37.3 Å². The van der Waals surface area contributed by atoms with E-state index in [1.54, 1.807) is 6.92 Å². The van der Waals surface area contributed by atoms with Crippen LogP contribution >= 0.6 is 0 Å². The van der Waals surface area contributed by atoms with E-state index in [-0.39, 0.29) is 17.9 Å². The van der Waals surface area contributed by atoms with Crippen LogP contribution in [-0.4, -0.2) is 40.6 Å². The van der Waals surface area contributed by atoms with Gasteiger partial charge < -0.3 is 10.4 Å². The monoisotopic (exact) mass is 318 g/mol. The molecular weight excluding hydrogens is 288 g/mol. The summed E-state index contributed by atoms with van der Waals surface area (Å²) in [5, 5.41) is 13.4. The van der Waals surface area contributed by atoms with Crippen LogP contribution in [0.3, 0.4) is 0 Å². The van der Waals surface area contributed by atoms with E-state index in [2.05, 4.69) is 41.4 Å². The highest BCUT2D eigenvalue weighted by molar-refractivity contribution is 5.81. The van der Waals surface area contributed by atoms with E-state index in [0.717, 1.165) is 25.9 Å². The van der Waals surface area contributed by atoms with Gasteiger partial charge in [0, 0.05) is 19.6 Å². The lowest BCUT2D eigenvalue weighted by atomic mass is 9.88. The van der Waals surface area contributed by atoms with E-state index >= 15 is 0 Å². The van der Waals surface area contributed by atoms with Gasteiger partial charge in [-0.2, -0.15) is 0 Å². The molecule has 1 amide bonds. The van der Waals surface area contributed by atoms with Gasteiger partial charge in [0.1, 0.15) is 0 Å². The van der Waals surface area contributed by atoms with Crippen molar-refractivity contribution in [2.75, 3.05) is 13.1 Å². The molecule has 2 N–H and O–H groups in total. The van der Waals surface area contributed by atoms with Crippen molar-refractivity contribution in [3.8, 4) is 0 Å². The van der Waals surface area contributed by atoms with E-state index < -0.39 is 5.60 Å². The lowest BCUT2D eigenvalue weighted by molar-refractivity contribution is -0.127. The second-order valence-electron chi connectivity index (χ2n) is 7.05. The molecule has 0 aromatic heterocycles. The second kappa shape index (κ2) is 7.45. The standard InChI is InChI=1S/C19H30N2O2/c1-5-14(2)19(4,23)13-20-18(22)15(3)21-11-10-16-8-6-7-9-17(16)12-21/h6-9,14-15,23H,5,10-13H2,1-4H3,(H,20,22). The number of fused-ring (bicyclic) bond motifs is 1. The fourth-order valence-electron chi connectivity index (χ4n) is 3.04. The third-order valence-corrected chi connectivity index (χ3v) is 5.38. The number of carbonyl (C=O) groups excluding carboxylic acids is 1. The molecule has 1 aliphatic rings. The molecule has 4 heteroatoms. The van der Waals surface area contributed by atoms with Gasteiger partial charge >= 0.3 is 0 Å². The number of nitrogens with zero attached hydrogens (tertiary/aromatic N) is 1. The van der Waals surface area contributed by atoms with Gasteiger partial charge in [-0.25, -0.2) is 0 Å². The largest absolute Gasteiger partial charge is 0.388 e. The SMILES string of the molecule is CCC(C)C(C)(O)CNC(=O)C(C)N1CCc2ccccc2C1. The zero-order valence-electron chi connectivity index (χ0n) is 14.8. The Balaban J connectivity index is 1.91. The number of benzene rings is 1. The number of rotatable bonds is 6. The Morgan fingerprint density at radius 1 is 1.35 bits per heavy atom. The summed E-state index contributed by atoms with van der Waals surface area (Å²) in [5.41, 5.74) is 1.83. The van der Waals surface area contributed by atoms with Crippen LogP contribution in [0.1, 0.15) is 45.2 Å². The zero-order valence-corrected chi connectivity index (χ0v) is 14.8. The summed E-state index contributed by atoms with van der Waals surface area (Å²) < 4.78 is 0. The molecule has 3 atom stereocenters. The molecular formula is C19H30N2O2. The minimum Gasteiger partial charge on any atom is -0.388 e. The van der Waals surface area contributed by atoms with Crippen molar-refractivity contribution in [2.24, 2.45) is 5.92 Å². The number of aliphatic hydroxyl groups is 1. The van der Waals surface area contributed by atoms with Crippen LogP contribution in [0.2, 0.25) is 0 Å². The van der Waals surface area contributed by atoms with Gasteiger partial charge in [-0.1, -0.05) is 44.5 Å². The topological polar surface area (TPSA) is 52.6 Å². The van der Waals surface area contributed by atoms with E-state index in [9.17, 15) is 9.90 Å². The number of amides is 1. The van der Waals surface area contributed by atoms with Crippen molar-refractivity contribution < 1.29 is 9.90 Å². The fourth-order valence-corrected chi connectivity index (χ4v) is 3.04. The van der Waals surface area contributed by atoms with Crippen molar-refractivity contribution in [2.45, 2.75) is 58.7 Å². The first kappa shape index (κ1) is 18.0. The average Bonchev–Trinajstić information content (AvgIpc) is 2.57.